The monoisotopic (exact) mass is 243 g/mol. The number of pyridine rings is 1. The topological polar surface area (TPSA) is 69.4 Å². The average Bonchev–Trinajstić information content (AvgIpc) is 2.82. The molecule has 3 N–H and O–H groups in total. The summed E-state index contributed by atoms with van der Waals surface area (Å²) in [6.07, 6.45) is 1.72. The highest BCUT2D eigenvalue weighted by Crippen LogP contribution is 2.35. The molecule has 0 amide bonds. The number of nitrogens with one attached hydrogen (secondary N) is 1. The summed E-state index contributed by atoms with van der Waals surface area (Å²) in [7, 11) is 0. The lowest BCUT2D eigenvalue weighted by atomic mass is 10.2. The third-order valence-electron chi connectivity index (χ3n) is 2.84. The summed E-state index contributed by atoms with van der Waals surface area (Å²) >= 11 is 0. The Balaban J connectivity index is 1.90. The molecular weight excluding hydrogens is 230 g/mol. The maximum atomic E-state index is 5.96. The molecule has 0 fully saturated rings. The van der Waals surface area contributed by atoms with Crippen molar-refractivity contribution in [2.75, 3.05) is 17.8 Å². The van der Waals surface area contributed by atoms with Gasteiger partial charge in [-0.05, 0) is 30.7 Å². The molecule has 1 aliphatic rings. The summed E-state index contributed by atoms with van der Waals surface area (Å²) < 4.78 is 10.6. The molecule has 0 spiro atoms. The Bertz CT molecular complexity index is 599. The van der Waals surface area contributed by atoms with Gasteiger partial charge in [-0.15, -0.1) is 0 Å². The fourth-order valence-corrected chi connectivity index (χ4v) is 1.78. The van der Waals surface area contributed by atoms with Crippen LogP contribution in [0.1, 0.15) is 5.56 Å². The summed E-state index contributed by atoms with van der Waals surface area (Å²) in [5.41, 5.74) is 8.47. The molecule has 2 aromatic rings. The molecule has 18 heavy (non-hydrogen) atoms. The van der Waals surface area contributed by atoms with Gasteiger partial charge in [-0.3, -0.25) is 0 Å². The van der Waals surface area contributed by atoms with Crippen molar-refractivity contribution in [3.05, 3.63) is 36.0 Å². The summed E-state index contributed by atoms with van der Waals surface area (Å²) in [4.78, 5) is 4.22. The van der Waals surface area contributed by atoms with E-state index in [0.29, 0.717) is 11.5 Å². The first-order valence-corrected chi connectivity index (χ1v) is 5.62. The predicted octanol–water partition coefficient (Wildman–Crippen LogP) is 2.44. The van der Waals surface area contributed by atoms with Crippen molar-refractivity contribution >= 4 is 17.2 Å². The Morgan fingerprint density at radius 1 is 1.22 bits per heavy atom. The van der Waals surface area contributed by atoms with Crippen LogP contribution in [0.2, 0.25) is 0 Å². The van der Waals surface area contributed by atoms with Gasteiger partial charge >= 0.3 is 0 Å². The number of rotatable bonds is 2. The van der Waals surface area contributed by atoms with E-state index >= 15 is 0 Å². The van der Waals surface area contributed by atoms with E-state index < -0.39 is 0 Å². The van der Waals surface area contributed by atoms with Crippen LogP contribution in [-0.2, 0) is 0 Å². The molecule has 5 nitrogen and oxygen atoms in total. The lowest BCUT2D eigenvalue weighted by molar-refractivity contribution is 0.174. The van der Waals surface area contributed by atoms with E-state index in [1.807, 2.05) is 31.2 Å². The number of aromatic nitrogens is 1. The van der Waals surface area contributed by atoms with E-state index in [9.17, 15) is 0 Å². The molecular formula is C13H13N3O2. The summed E-state index contributed by atoms with van der Waals surface area (Å²) in [5.74, 6) is 2.13. The number of nitrogens with zero attached hydrogens (tertiary/aromatic N) is 1. The van der Waals surface area contributed by atoms with E-state index in [-0.39, 0.29) is 6.79 Å². The molecule has 0 unspecified atom stereocenters. The Kier molecular flexibility index (Phi) is 2.44. The van der Waals surface area contributed by atoms with Gasteiger partial charge in [0, 0.05) is 18.0 Å². The number of nitrogens with two attached hydrogens (primary N) is 1. The summed E-state index contributed by atoms with van der Waals surface area (Å²) in [6.45, 7) is 2.21. The highest BCUT2D eigenvalue weighted by Gasteiger charge is 2.13. The van der Waals surface area contributed by atoms with Crippen LogP contribution in [0, 0.1) is 6.92 Å². The predicted molar refractivity (Wildman–Crippen MR) is 69.2 cm³/mol. The zero-order valence-corrected chi connectivity index (χ0v) is 9.93. The summed E-state index contributed by atoms with van der Waals surface area (Å²) in [6, 6.07) is 7.50. The number of fused-ring (bicyclic) bond motifs is 1. The van der Waals surface area contributed by atoms with Gasteiger partial charge in [-0.2, -0.15) is 0 Å². The van der Waals surface area contributed by atoms with Crippen molar-refractivity contribution in [3.8, 4) is 11.5 Å². The molecule has 3 rings (SSSR count). The van der Waals surface area contributed by atoms with Gasteiger partial charge in [0.2, 0.25) is 6.79 Å². The molecule has 1 aliphatic heterocycles. The number of hydrogen-bond donors (Lipinski definition) is 2. The minimum absolute atomic E-state index is 0.267. The Hall–Kier alpha value is -2.43. The zero-order valence-electron chi connectivity index (χ0n) is 9.93. The first kappa shape index (κ1) is 10.7. The number of nitrogen functional groups attached to an aromatic ring is 1. The second kappa shape index (κ2) is 4.10. The van der Waals surface area contributed by atoms with Crippen LogP contribution in [0.4, 0.5) is 17.2 Å². The van der Waals surface area contributed by atoms with Crippen LogP contribution >= 0.6 is 0 Å². The van der Waals surface area contributed by atoms with Crippen LogP contribution in [0.15, 0.2) is 30.5 Å². The smallest absolute Gasteiger partial charge is 0.231 e. The quantitative estimate of drug-likeness (QED) is 0.847. The van der Waals surface area contributed by atoms with Crippen molar-refractivity contribution in [2.24, 2.45) is 0 Å². The Morgan fingerprint density at radius 2 is 2.06 bits per heavy atom. The van der Waals surface area contributed by atoms with E-state index in [2.05, 4.69) is 10.3 Å². The lowest BCUT2D eigenvalue weighted by Gasteiger charge is -2.10. The first-order valence-electron chi connectivity index (χ1n) is 5.62. The van der Waals surface area contributed by atoms with E-state index in [0.717, 1.165) is 22.7 Å². The van der Waals surface area contributed by atoms with Crippen molar-refractivity contribution in [2.45, 2.75) is 6.92 Å². The maximum absolute atomic E-state index is 5.96. The maximum Gasteiger partial charge on any atom is 0.231 e. The first-order chi connectivity index (χ1) is 8.74. The van der Waals surface area contributed by atoms with Crippen molar-refractivity contribution in [3.63, 3.8) is 0 Å². The fraction of sp³-hybridized carbons (Fsp3) is 0.154. The van der Waals surface area contributed by atoms with Gasteiger partial charge in [-0.1, -0.05) is 0 Å². The lowest BCUT2D eigenvalue weighted by Crippen LogP contribution is -2.00. The minimum atomic E-state index is 0.267. The highest BCUT2D eigenvalue weighted by atomic mass is 16.7. The second-order valence-electron chi connectivity index (χ2n) is 4.08. The second-order valence-corrected chi connectivity index (χ2v) is 4.08. The standard InChI is InChI=1S/C13H13N3O2/c1-8-4-5-15-13(12(8)14)16-9-2-3-10-11(6-9)18-7-17-10/h2-6H,7,14H2,1H3,(H,15,16). The normalized spacial score (nSPS) is 12.5. The number of benzene rings is 1. The van der Waals surface area contributed by atoms with Crippen LogP contribution in [0.3, 0.4) is 0 Å². The van der Waals surface area contributed by atoms with Crippen molar-refractivity contribution in [1.82, 2.24) is 4.98 Å². The number of hydrogen-bond acceptors (Lipinski definition) is 5. The molecule has 0 aliphatic carbocycles. The zero-order chi connectivity index (χ0) is 12.5. The molecule has 0 saturated carbocycles. The van der Waals surface area contributed by atoms with Gasteiger partial charge in [-0.25, -0.2) is 4.98 Å². The highest BCUT2D eigenvalue weighted by molar-refractivity contribution is 5.72. The molecule has 5 heteroatoms. The van der Waals surface area contributed by atoms with Gasteiger partial charge in [0.25, 0.3) is 0 Å². The van der Waals surface area contributed by atoms with Crippen LogP contribution in [0.25, 0.3) is 0 Å². The van der Waals surface area contributed by atoms with E-state index in [4.69, 9.17) is 15.2 Å². The molecule has 1 aromatic heterocycles. The van der Waals surface area contributed by atoms with E-state index in [1.54, 1.807) is 6.20 Å². The van der Waals surface area contributed by atoms with Gasteiger partial charge < -0.3 is 20.5 Å². The van der Waals surface area contributed by atoms with Crippen molar-refractivity contribution < 1.29 is 9.47 Å². The van der Waals surface area contributed by atoms with Gasteiger partial charge in [0.05, 0.1) is 5.69 Å². The van der Waals surface area contributed by atoms with Gasteiger partial charge in [0.15, 0.2) is 17.3 Å². The average molecular weight is 243 g/mol. The SMILES string of the molecule is Cc1ccnc(Nc2ccc3c(c2)OCO3)c1N. The molecule has 0 bridgehead atoms. The minimum Gasteiger partial charge on any atom is -0.454 e. The third kappa shape index (κ3) is 1.79. The van der Waals surface area contributed by atoms with Gasteiger partial charge in [0.1, 0.15) is 0 Å². The fourth-order valence-electron chi connectivity index (χ4n) is 1.78. The van der Waals surface area contributed by atoms with Crippen LogP contribution in [0.5, 0.6) is 11.5 Å². The molecule has 92 valence electrons. The molecule has 2 heterocycles. The molecule has 0 atom stereocenters. The third-order valence-corrected chi connectivity index (χ3v) is 2.84. The van der Waals surface area contributed by atoms with Crippen LogP contribution < -0.4 is 20.5 Å². The van der Waals surface area contributed by atoms with Crippen LogP contribution in [-0.4, -0.2) is 11.8 Å². The number of anilines is 3. The largest absolute Gasteiger partial charge is 0.454 e. The molecule has 0 saturated heterocycles. The molecule has 1 aromatic carbocycles. The Morgan fingerprint density at radius 3 is 2.94 bits per heavy atom. The Labute approximate surface area is 105 Å². The number of ether oxygens (including phenoxy) is 2. The summed E-state index contributed by atoms with van der Waals surface area (Å²) in [5, 5.41) is 3.17. The van der Waals surface area contributed by atoms with Crippen molar-refractivity contribution in [1.29, 1.82) is 0 Å². The van der Waals surface area contributed by atoms with E-state index in [1.165, 1.54) is 0 Å². The molecule has 0 radical (unpaired) electrons. The number of aryl methyl sites for hydroxylation is 1.